The zero-order valence-corrected chi connectivity index (χ0v) is 10.5. The Labute approximate surface area is 105 Å². The molecule has 0 unspecified atom stereocenters. The standard InChI is InChI=1S/C8H8O3S.Na.H2O/c1-2-7-3-5-8(6-4-7)12(9,10)11;;/h2-6H,1H2,(H,9,10,11);;1H2/q;+1;/p-1. The fourth-order valence-corrected chi connectivity index (χ4v) is 1.24. The Kier molecular flexibility index (Phi) is 7.37. The summed E-state index contributed by atoms with van der Waals surface area (Å²) in [5.74, 6) is 0. The molecule has 14 heavy (non-hydrogen) atoms. The molecule has 0 atom stereocenters. The van der Waals surface area contributed by atoms with Crippen LogP contribution in [0.15, 0.2) is 35.7 Å². The maximum absolute atomic E-state index is 10.5. The Morgan fingerprint density at radius 3 is 1.93 bits per heavy atom. The molecule has 0 radical (unpaired) electrons. The third-order valence-corrected chi connectivity index (χ3v) is 2.25. The van der Waals surface area contributed by atoms with Crippen molar-refractivity contribution in [2.45, 2.75) is 4.90 Å². The minimum absolute atomic E-state index is 0. The second kappa shape index (κ2) is 6.34. The van der Waals surface area contributed by atoms with Gasteiger partial charge in [0.1, 0.15) is 10.1 Å². The van der Waals surface area contributed by atoms with E-state index in [2.05, 4.69) is 6.58 Å². The SMILES string of the molecule is C=Cc1ccc(S(=O)(=O)[O-])cc1.O.[Na+]. The van der Waals surface area contributed by atoms with Gasteiger partial charge in [0.25, 0.3) is 0 Å². The molecule has 0 aliphatic rings. The molecule has 0 heterocycles. The quantitative estimate of drug-likeness (QED) is 0.408. The van der Waals surface area contributed by atoms with E-state index in [-0.39, 0.29) is 39.9 Å². The molecule has 0 saturated carbocycles. The van der Waals surface area contributed by atoms with E-state index in [0.29, 0.717) is 0 Å². The summed E-state index contributed by atoms with van der Waals surface area (Å²) < 4.78 is 31.4. The van der Waals surface area contributed by atoms with Crippen LogP contribution in [0.1, 0.15) is 5.56 Å². The Morgan fingerprint density at radius 2 is 1.64 bits per heavy atom. The Hall–Kier alpha value is -0.170. The maximum atomic E-state index is 10.5. The summed E-state index contributed by atoms with van der Waals surface area (Å²) in [7, 11) is -4.31. The zero-order chi connectivity index (χ0) is 9.19. The minimum Gasteiger partial charge on any atom is -0.744 e. The molecule has 2 N–H and O–H groups in total. The van der Waals surface area contributed by atoms with Gasteiger partial charge in [-0.2, -0.15) is 0 Å². The van der Waals surface area contributed by atoms with Crippen molar-refractivity contribution in [2.24, 2.45) is 0 Å². The third kappa shape index (κ3) is 4.36. The van der Waals surface area contributed by atoms with Crippen molar-refractivity contribution in [3.8, 4) is 0 Å². The fourth-order valence-electron chi connectivity index (χ4n) is 0.771. The van der Waals surface area contributed by atoms with E-state index in [1.807, 2.05) is 0 Å². The molecular formula is C8H9NaO4S. The molecule has 0 bridgehead atoms. The van der Waals surface area contributed by atoms with Crippen LogP contribution in [-0.4, -0.2) is 18.4 Å². The summed E-state index contributed by atoms with van der Waals surface area (Å²) in [6.07, 6.45) is 1.57. The van der Waals surface area contributed by atoms with Crippen molar-refractivity contribution in [3.05, 3.63) is 36.4 Å². The van der Waals surface area contributed by atoms with Crippen molar-refractivity contribution < 1.29 is 48.0 Å². The zero-order valence-electron chi connectivity index (χ0n) is 7.73. The molecule has 0 aliphatic heterocycles. The van der Waals surface area contributed by atoms with E-state index in [1.54, 1.807) is 6.08 Å². The maximum Gasteiger partial charge on any atom is 1.00 e. The molecule has 4 nitrogen and oxygen atoms in total. The second-order valence-electron chi connectivity index (χ2n) is 2.23. The van der Waals surface area contributed by atoms with Crippen LogP contribution in [0.5, 0.6) is 0 Å². The summed E-state index contributed by atoms with van der Waals surface area (Å²) in [6.45, 7) is 3.50. The van der Waals surface area contributed by atoms with E-state index in [1.165, 1.54) is 24.3 Å². The van der Waals surface area contributed by atoms with Gasteiger partial charge >= 0.3 is 29.6 Å². The van der Waals surface area contributed by atoms with Crippen molar-refractivity contribution in [2.75, 3.05) is 0 Å². The average molecular weight is 224 g/mol. The predicted molar refractivity (Wildman–Crippen MR) is 48.1 cm³/mol. The van der Waals surface area contributed by atoms with Gasteiger partial charge < -0.3 is 10.0 Å². The first-order chi connectivity index (χ1) is 5.54. The first kappa shape index (κ1) is 16.3. The first-order valence-electron chi connectivity index (χ1n) is 3.22. The van der Waals surface area contributed by atoms with Gasteiger partial charge in [-0.15, -0.1) is 0 Å². The van der Waals surface area contributed by atoms with Crippen molar-refractivity contribution in [1.29, 1.82) is 0 Å². The topological polar surface area (TPSA) is 88.7 Å². The van der Waals surface area contributed by atoms with Crippen molar-refractivity contribution >= 4 is 16.2 Å². The largest absolute Gasteiger partial charge is 1.00 e. The van der Waals surface area contributed by atoms with Crippen LogP contribution in [0.2, 0.25) is 0 Å². The summed E-state index contributed by atoms with van der Waals surface area (Å²) in [5, 5.41) is 0. The molecular weight excluding hydrogens is 215 g/mol. The van der Waals surface area contributed by atoms with Crippen LogP contribution in [0.3, 0.4) is 0 Å². The number of benzene rings is 1. The summed E-state index contributed by atoms with van der Waals surface area (Å²) in [5.41, 5.74) is 0.780. The van der Waals surface area contributed by atoms with Gasteiger partial charge in [0.05, 0.1) is 4.90 Å². The molecule has 0 aliphatic carbocycles. The average Bonchev–Trinajstić information content (AvgIpc) is 2.03. The van der Waals surface area contributed by atoms with Crippen LogP contribution < -0.4 is 29.6 Å². The predicted octanol–water partition coefficient (Wildman–Crippen LogP) is -2.59. The van der Waals surface area contributed by atoms with Crippen LogP contribution in [0.4, 0.5) is 0 Å². The van der Waals surface area contributed by atoms with E-state index < -0.39 is 10.1 Å². The summed E-state index contributed by atoms with van der Waals surface area (Å²) >= 11 is 0. The second-order valence-corrected chi connectivity index (χ2v) is 3.61. The fraction of sp³-hybridized carbons (Fsp3) is 0. The van der Waals surface area contributed by atoms with Gasteiger partial charge in [0, 0.05) is 0 Å². The molecule has 0 spiro atoms. The Balaban J connectivity index is 0. The van der Waals surface area contributed by atoms with Crippen molar-refractivity contribution in [3.63, 3.8) is 0 Å². The Morgan fingerprint density at radius 1 is 1.21 bits per heavy atom. The summed E-state index contributed by atoms with van der Waals surface area (Å²) in [6, 6.07) is 5.58. The molecule has 1 aromatic rings. The number of hydrogen-bond donors (Lipinski definition) is 0. The Bertz CT molecular complexity index is 382. The molecule has 72 valence electrons. The third-order valence-electron chi connectivity index (χ3n) is 1.40. The normalized spacial score (nSPS) is 9.50. The monoisotopic (exact) mass is 224 g/mol. The molecule has 1 rings (SSSR count). The molecule has 0 amide bonds. The number of hydrogen-bond acceptors (Lipinski definition) is 3. The van der Waals surface area contributed by atoms with Crippen molar-refractivity contribution in [1.82, 2.24) is 0 Å². The number of rotatable bonds is 2. The first-order valence-corrected chi connectivity index (χ1v) is 4.63. The minimum atomic E-state index is -4.31. The molecule has 0 saturated heterocycles. The smallest absolute Gasteiger partial charge is 0.744 e. The van der Waals surface area contributed by atoms with Gasteiger partial charge in [0.2, 0.25) is 0 Å². The van der Waals surface area contributed by atoms with Gasteiger partial charge in [-0.3, -0.25) is 0 Å². The van der Waals surface area contributed by atoms with Crippen LogP contribution in [0, 0.1) is 0 Å². The van der Waals surface area contributed by atoms with Gasteiger partial charge in [0.15, 0.2) is 0 Å². The van der Waals surface area contributed by atoms with E-state index in [4.69, 9.17) is 0 Å². The summed E-state index contributed by atoms with van der Waals surface area (Å²) in [4.78, 5) is -0.215. The van der Waals surface area contributed by atoms with E-state index >= 15 is 0 Å². The van der Waals surface area contributed by atoms with Gasteiger partial charge in [-0.25, -0.2) is 8.42 Å². The van der Waals surface area contributed by atoms with Gasteiger partial charge in [-0.1, -0.05) is 24.8 Å². The van der Waals surface area contributed by atoms with Crippen LogP contribution >= 0.6 is 0 Å². The van der Waals surface area contributed by atoms with Gasteiger partial charge in [-0.05, 0) is 17.7 Å². The van der Waals surface area contributed by atoms with E-state index in [9.17, 15) is 13.0 Å². The van der Waals surface area contributed by atoms with E-state index in [0.717, 1.165) is 5.56 Å². The van der Waals surface area contributed by atoms with Crippen LogP contribution in [0.25, 0.3) is 6.08 Å². The molecule has 6 heteroatoms. The molecule has 0 aromatic heterocycles. The van der Waals surface area contributed by atoms with Crippen LogP contribution in [-0.2, 0) is 10.1 Å². The molecule has 0 fully saturated rings. The molecule has 1 aromatic carbocycles.